The topological polar surface area (TPSA) is 101 Å². The van der Waals surface area contributed by atoms with E-state index in [1.54, 1.807) is 54.6 Å². The highest BCUT2D eigenvalue weighted by Crippen LogP contribution is 2.16. The molecule has 0 saturated heterocycles. The van der Waals surface area contributed by atoms with Gasteiger partial charge in [-0.05, 0) is 17.7 Å². The van der Waals surface area contributed by atoms with Crippen LogP contribution in [-0.2, 0) is 15.0 Å². The Hall–Kier alpha value is -2.22. The van der Waals surface area contributed by atoms with Crippen molar-refractivity contribution in [3.05, 3.63) is 66.2 Å². The van der Waals surface area contributed by atoms with Crippen LogP contribution in [0.15, 0.2) is 60.7 Å². The van der Waals surface area contributed by atoms with Gasteiger partial charge in [-0.2, -0.15) is 13.1 Å². The van der Waals surface area contributed by atoms with Gasteiger partial charge in [0.05, 0.1) is 0 Å². The molecule has 2 rings (SSSR count). The Kier molecular flexibility index (Phi) is 4.69. The van der Waals surface area contributed by atoms with E-state index in [4.69, 9.17) is 5.14 Å². The van der Waals surface area contributed by atoms with Crippen molar-refractivity contribution < 1.29 is 13.2 Å². The molecule has 1 atom stereocenters. The van der Waals surface area contributed by atoms with Crippen molar-refractivity contribution in [2.24, 2.45) is 5.14 Å². The lowest BCUT2D eigenvalue weighted by molar-refractivity contribution is -0.117. The molecule has 0 aromatic heterocycles. The molecular weight excluding hydrogens is 290 g/mol. The number of benzene rings is 2. The van der Waals surface area contributed by atoms with Gasteiger partial charge < -0.3 is 5.32 Å². The monoisotopic (exact) mass is 305 g/mol. The van der Waals surface area contributed by atoms with Gasteiger partial charge in [0.25, 0.3) is 10.2 Å². The average Bonchev–Trinajstić information content (AvgIpc) is 2.46. The SMILES string of the molecule is NS(=O)(=O)N[C@@H](C(=O)Nc1ccccc1)c1ccccc1. The average molecular weight is 305 g/mol. The standard InChI is InChI=1S/C14H15N3O3S/c15-21(19,20)17-13(11-7-3-1-4-8-11)14(18)16-12-9-5-2-6-10-12/h1-10,13,17H,(H,16,18)(H2,15,19,20)/t13-/m1/s1. The van der Waals surface area contributed by atoms with E-state index >= 15 is 0 Å². The van der Waals surface area contributed by atoms with Crippen LogP contribution >= 0.6 is 0 Å². The number of para-hydroxylation sites is 1. The van der Waals surface area contributed by atoms with Gasteiger partial charge in [-0.1, -0.05) is 48.5 Å². The minimum atomic E-state index is -4.02. The molecule has 0 radical (unpaired) electrons. The highest BCUT2D eigenvalue weighted by Gasteiger charge is 2.24. The number of hydrogen-bond donors (Lipinski definition) is 3. The number of hydrogen-bond acceptors (Lipinski definition) is 3. The van der Waals surface area contributed by atoms with Crippen LogP contribution in [0.3, 0.4) is 0 Å². The summed E-state index contributed by atoms with van der Waals surface area (Å²) in [5.41, 5.74) is 1.07. The molecule has 1 amide bonds. The minimum Gasteiger partial charge on any atom is -0.324 e. The number of nitrogens with two attached hydrogens (primary N) is 1. The Bertz CT molecular complexity index is 703. The van der Waals surface area contributed by atoms with Gasteiger partial charge >= 0.3 is 0 Å². The van der Waals surface area contributed by atoms with Crippen molar-refractivity contribution in [3.63, 3.8) is 0 Å². The second-order valence-electron chi connectivity index (χ2n) is 4.36. The van der Waals surface area contributed by atoms with Gasteiger partial charge in [-0.25, -0.2) is 5.14 Å². The Morgan fingerprint density at radius 3 is 2.00 bits per heavy atom. The summed E-state index contributed by atoms with van der Waals surface area (Å²) in [6, 6.07) is 16.1. The minimum absolute atomic E-state index is 0.500. The molecule has 110 valence electrons. The van der Waals surface area contributed by atoms with Gasteiger partial charge in [-0.3, -0.25) is 4.79 Å². The summed E-state index contributed by atoms with van der Waals surface area (Å²) in [6.07, 6.45) is 0. The van der Waals surface area contributed by atoms with E-state index in [0.717, 1.165) is 0 Å². The number of carbonyl (C=O) groups is 1. The second-order valence-corrected chi connectivity index (χ2v) is 5.69. The predicted octanol–water partition coefficient (Wildman–Crippen LogP) is 1.16. The van der Waals surface area contributed by atoms with Crippen LogP contribution in [0.5, 0.6) is 0 Å². The highest BCUT2D eigenvalue weighted by molar-refractivity contribution is 7.87. The third-order valence-electron chi connectivity index (χ3n) is 2.72. The molecule has 0 heterocycles. The molecule has 2 aromatic carbocycles. The quantitative estimate of drug-likeness (QED) is 0.772. The lowest BCUT2D eigenvalue weighted by Crippen LogP contribution is -2.40. The molecule has 0 aliphatic heterocycles. The van der Waals surface area contributed by atoms with E-state index in [1.165, 1.54) is 0 Å². The summed E-state index contributed by atoms with van der Waals surface area (Å²) in [6.45, 7) is 0. The maximum Gasteiger partial charge on any atom is 0.275 e. The molecule has 0 bridgehead atoms. The van der Waals surface area contributed by atoms with Gasteiger partial charge in [0, 0.05) is 5.69 Å². The summed E-state index contributed by atoms with van der Waals surface area (Å²) < 4.78 is 24.6. The highest BCUT2D eigenvalue weighted by atomic mass is 32.2. The lowest BCUT2D eigenvalue weighted by atomic mass is 10.1. The number of amides is 1. The summed E-state index contributed by atoms with van der Waals surface area (Å²) in [4.78, 5) is 12.3. The largest absolute Gasteiger partial charge is 0.324 e. The number of anilines is 1. The van der Waals surface area contributed by atoms with Gasteiger partial charge in [-0.15, -0.1) is 0 Å². The first-order chi connectivity index (χ1) is 9.96. The fourth-order valence-corrected chi connectivity index (χ4v) is 2.39. The van der Waals surface area contributed by atoms with Crippen LogP contribution in [0.4, 0.5) is 5.69 Å². The predicted molar refractivity (Wildman–Crippen MR) is 80.5 cm³/mol. The van der Waals surface area contributed by atoms with Crippen molar-refractivity contribution in [1.29, 1.82) is 0 Å². The molecule has 0 saturated carbocycles. The number of rotatable bonds is 5. The Morgan fingerprint density at radius 2 is 1.48 bits per heavy atom. The molecule has 0 aliphatic carbocycles. The van der Waals surface area contributed by atoms with E-state index in [1.807, 2.05) is 6.07 Å². The first-order valence-corrected chi connectivity index (χ1v) is 7.71. The van der Waals surface area contributed by atoms with Crippen molar-refractivity contribution in [1.82, 2.24) is 4.72 Å². The zero-order valence-corrected chi connectivity index (χ0v) is 11.9. The van der Waals surface area contributed by atoms with Crippen molar-refractivity contribution in [3.8, 4) is 0 Å². The van der Waals surface area contributed by atoms with Crippen molar-refractivity contribution >= 4 is 21.8 Å². The maximum absolute atomic E-state index is 12.3. The summed E-state index contributed by atoms with van der Waals surface area (Å²) in [5, 5.41) is 7.63. The van der Waals surface area contributed by atoms with Crippen LogP contribution < -0.4 is 15.2 Å². The number of nitrogens with one attached hydrogen (secondary N) is 2. The van der Waals surface area contributed by atoms with Gasteiger partial charge in [0.1, 0.15) is 6.04 Å². The molecule has 0 fully saturated rings. The van der Waals surface area contributed by atoms with E-state index in [9.17, 15) is 13.2 Å². The zero-order valence-electron chi connectivity index (χ0n) is 11.1. The third kappa shape index (κ3) is 4.67. The lowest BCUT2D eigenvalue weighted by Gasteiger charge is -2.17. The van der Waals surface area contributed by atoms with Gasteiger partial charge in [0.2, 0.25) is 5.91 Å². The first kappa shape index (κ1) is 15.2. The van der Waals surface area contributed by atoms with E-state index in [0.29, 0.717) is 11.3 Å². The molecular formula is C14H15N3O3S. The van der Waals surface area contributed by atoms with E-state index in [-0.39, 0.29) is 0 Å². The molecule has 2 aromatic rings. The van der Waals surface area contributed by atoms with Crippen molar-refractivity contribution in [2.45, 2.75) is 6.04 Å². The Labute approximate surface area is 123 Å². The Balaban J connectivity index is 2.25. The summed E-state index contributed by atoms with van der Waals surface area (Å²) in [5.74, 6) is -0.513. The molecule has 6 nitrogen and oxygen atoms in total. The second kappa shape index (κ2) is 6.49. The molecule has 0 aliphatic rings. The van der Waals surface area contributed by atoms with Gasteiger partial charge in [0.15, 0.2) is 0 Å². The van der Waals surface area contributed by atoms with E-state index < -0.39 is 22.2 Å². The molecule has 21 heavy (non-hydrogen) atoms. The third-order valence-corrected chi connectivity index (χ3v) is 3.28. The van der Waals surface area contributed by atoms with Crippen LogP contribution in [0.1, 0.15) is 11.6 Å². The molecule has 0 unspecified atom stereocenters. The fraction of sp³-hybridized carbons (Fsp3) is 0.0714. The molecule has 4 N–H and O–H groups in total. The molecule has 0 spiro atoms. The first-order valence-electron chi connectivity index (χ1n) is 6.16. The fourth-order valence-electron chi connectivity index (χ4n) is 1.82. The van der Waals surface area contributed by atoms with Crippen LogP contribution in [0, 0.1) is 0 Å². The summed E-state index contributed by atoms with van der Waals surface area (Å²) in [7, 11) is -4.02. The zero-order chi connectivity index (χ0) is 15.3. The summed E-state index contributed by atoms with van der Waals surface area (Å²) >= 11 is 0. The smallest absolute Gasteiger partial charge is 0.275 e. The maximum atomic E-state index is 12.3. The van der Waals surface area contributed by atoms with Crippen LogP contribution in [-0.4, -0.2) is 14.3 Å². The number of carbonyl (C=O) groups excluding carboxylic acids is 1. The Morgan fingerprint density at radius 1 is 0.952 bits per heavy atom. The van der Waals surface area contributed by atoms with Crippen LogP contribution in [0.2, 0.25) is 0 Å². The van der Waals surface area contributed by atoms with Crippen molar-refractivity contribution in [2.75, 3.05) is 5.32 Å². The van der Waals surface area contributed by atoms with Crippen LogP contribution in [0.25, 0.3) is 0 Å². The molecule has 7 heteroatoms. The normalized spacial score (nSPS) is 12.6. The van der Waals surface area contributed by atoms with E-state index in [2.05, 4.69) is 10.0 Å².